The number of hydrogen-bond acceptors (Lipinski definition) is 5. The van der Waals surface area contributed by atoms with Crippen LogP contribution in [0.1, 0.15) is 29.2 Å². The van der Waals surface area contributed by atoms with Crippen molar-refractivity contribution in [3.63, 3.8) is 0 Å². The van der Waals surface area contributed by atoms with E-state index in [1.807, 2.05) is 32.0 Å². The fraction of sp³-hybridized carbons (Fsp3) is 0.250. The normalized spacial score (nSPS) is 11.3. The van der Waals surface area contributed by atoms with Crippen LogP contribution in [0.25, 0.3) is 20.0 Å². The maximum Gasteiger partial charge on any atom is 0.347 e. The molecule has 7 heteroatoms. The van der Waals surface area contributed by atoms with Gasteiger partial charge in [0, 0.05) is 9.17 Å². The smallest absolute Gasteiger partial charge is 0.347 e. The van der Waals surface area contributed by atoms with Crippen LogP contribution in [0.3, 0.4) is 0 Å². The highest BCUT2D eigenvalue weighted by Gasteiger charge is 2.17. The minimum Gasteiger partial charge on any atom is -0.491 e. The number of hydrogen-bond donors (Lipinski definition) is 1. The number of carboxylic acids is 1. The number of nitrogens with zero attached hydrogens (tertiary/aromatic N) is 1. The summed E-state index contributed by atoms with van der Waals surface area (Å²) >= 11 is 6.39. The Morgan fingerprint density at radius 2 is 2.04 bits per heavy atom. The Morgan fingerprint density at radius 1 is 1.30 bits per heavy atom. The van der Waals surface area contributed by atoms with Crippen molar-refractivity contribution in [1.82, 2.24) is 4.98 Å². The van der Waals surface area contributed by atoms with Crippen molar-refractivity contribution in [1.29, 1.82) is 0 Å². The minimum absolute atomic E-state index is 0.109. The third-order valence-electron chi connectivity index (χ3n) is 3.12. The van der Waals surface area contributed by atoms with Gasteiger partial charge in [0.25, 0.3) is 0 Å². The lowest BCUT2D eigenvalue weighted by molar-refractivity contribution is 0.0701. The number of thiophene rings is 1. The van der Waals surface area contributed by atoms with Crippen LogP contribution in [-0.2, 0) is 0 Å². The first-order valence-corrected chi connectivity index (χ1v) is 9.38. The molecule has 3 rings (SSSR count). The molecule has 4 nitrogen and oxygen atoms in total. The van der Waals surface area contributed by atoms with Gasteiger partial charge in [0.1, 0.15) is 15.6 Å². The third-order valence-corrected chi connectivity index (χ3v) is 6.50. The summed E-state index contributed by atoms with van der Waals surface area (Å²) < 4.78 is 7.82. The van der Waals surface area contributed by atoms with E-state index in [2.05, 4.69) is 20.9 Å². The van der Waals surface area contributed by atoms with Crippen molar-refractivity contribution in [3.8, 4) is 15.6 Å². The van der Waals surface area contributed by atoms with Crippen LogP contribution in [-0.4, -0.2) is 22.2 Å². The lowest BCUT2D eigenvalue weighted by Crippen LogP contribution is -2.05. The number of ether oxygens (including phenoxy) is 1. The van der Waals surface area contributed by atoms with Crippen LogP contribution in [0.15, 0.2) is 22.7 Å². The average molecular weight is 412 g/mol. The molecule has 0 radical (unpaired) electrons. The van der Waals surface area contributed by atoms with Crippen molar-refractivity contribution in [2.24, 2.45) is 0 Å². The molecule has 0 saturated heterocycles. The van der Waals surface area contributed by atoms with Gasteiger partial charge in [0.15, 0.2) is 0 Å². The Kier molecular flexibility index (Phi) is 4.44. The van der Waals surface area contributed by atoms with Crippen LogP contribution in [0, 0.1) is 6.92 Å². The molecule has 23 heavy (non-hydrogen) atoms. The Morgan fingerprint density at radius 3 is 2.65 bits per heavy atom. The molecule has 0 amide bonds. The second kappa shape index (κ2) is 6.22. The first kappa shape index (κ1) is 16.4. The van der Waals surface area contributed by atoms with E-state index in [9.17, 15) is 9.90 Å². The van der Waals surface area contributed by atoms with E-state index in [0.717, 1.165) is 30.2 Å². The molecule has 1 aromatic carbocycles. The number of aromatic carboxylic acids is 1. The van der Waals surface area contributed by atoms with Crippen molar-refractivity contribution in [3.05, 3.63) is 33.2 Å². The lowest BCUT2D eigenvalue weighted by atomic mass is 10.2. The molecule has 120 valence electrons. The van der Waals surface area contributed by atoms with Crippen LogP contribution >= 0.6 is 38.6 Å². The number of halogens is 1. The second-order valence-corrected chi connectivity index (χ2v) is 8.25. The number of aryl methyl sites for hydroxylation is 1. The summed E-state index contributed by atoms with van der Waals surface area (Å²) in [5, 5.41) is 11.0. The Bertz CT molecular complexity index is 898. The number of rotatable bonds is 4. The summed E-state index contributed by atoms with van der Waals surface area (Å²) in [5.41, 5.74) is 0.554. The quantitative estimate of drug-likeness (QED) is 0.608. The minimum atomic E-state index is -0.929. The van der Waals surface area contributed by atoms with Crippen LogP contribution in [0.4, 0.5) is 0 Å². The maximum absolute atomic E-state index is 11.2. The molecule has 0 unspecified atom stereocenters. The van der Waals surface area contributed by atoms with Gasteiger partial charge in [-0.2, -0.15) is 0 Å². The first-order chi connectivity index (χ1) is 10.8. The summed E-state index contributed by atoms with van der Waals surface area (Å²) in [6, 6.07) is 5.99. The number of carbonyl (C=O) groups is 1. The number of aromatic nitrogens is 1. The summed E-state index contributed by atoms with van der Waals surface area (Å²) in [5.74, 6) is -0.119. The summed E-state index contributed by atoms with van der Waals surface area (Å²) in [7, 11) is 0. The molecule has 0 spiro atoms. The number of thiazole rings is 1. The average Bonchev–Trinajstić information content (AvgIpc) is 3.01. The summed E-state index contributed by atoms with van der Waals surface area (Å²) in [4.78, 5) is 16.8. The molecule has 1 N–H and O–H groups in total. The highest BCUT2D eigenvalue weighted by Crippen LogP contribution is 2.41. The van der Waals surface area contributed by atoms with E-state index < -0.39 is 5.97 Å². The predicted molar refractivity (Wildman–Crippen MR) is 98.1 cm³/mol. The molecule has 0 aliphatic rings. The van der Waals surface area contributed by atoms with E-state index in [1.54, 1.807) is 18.3 Å². The standard InChI is InChI=1S/C16H14BrNO3S2/c1-7(2)21-10-4-9-5-12(22-14(9)11(17)6-10)15-18-8(3)13(23-15)16(19)20/h4-7H,1-3H3,(H,19,20). The SMILES string of the molecule is Cc1nc(-c2cc3cc(OC(C)C)cc(Br)c3s2)sc1C(=O)O. The molecule has 0 bridgehead atoms. The zero-order valence-electron chi connectivity index (χ0n) is 12.7. The van der Waals surface area contributed by atoms with Crippen molar-refractivity contribution in [2.45, 2.75) is 26.9 Å². The largest absolute Gasteiger partial charge is 0.491 e. The second-order valence-electron chi connectivity index (χ2n) is 5.34. The number of fused-ring (bicyclic) bond motifs is 1. The monoisotopic (exact) mass is 411 g/mol. The fourth-order valence-corrected chi connectivity index (χ4v) is 4.92. The van der Waals surface area contributed by atoms with E-state index in [0.29, 0.717) is 10.6 Å². The highest BCUT2D eigenvalue weighted by atomic mass is 79.9. The number of carboxylic acid groups (broad SMARTS) is 1. The van der Waals surface area contributed by atoms with Crippen LogP contribution in [0.5, 0.6) is 5.75 Å². The topological polar surface area (TPSA) is 59.4 Å². The molecule has 3 aromatic rings. The molecular weight excluding hydrogens is 398 g/mol. The van der Waals surface area contributed by atoms with Gasteiger partial charge in [-0.15, -0.1) is 22.7 Å². The predicted octanol–water partition coefficient (Wildman–Crippen LogP) is 5.58. The maximum atomic E-state index is 11.2. The molecule has 0 aliphatic carbocycles. The van der Waals surface area contributed by atoms with Crippen molar-refractivity contribution >= 4 is 54.7 Å². The van der Waals surface area contributed by atoms with Gasteiger partial charge in [-0.3, -0.25) is 0 Å². The van der Waals surface area contributed by atoms with E-state index in [4.69, 9.17) is 4.74 Å². The number of benzene rings is 1. The molecule has 0 aliphatic heterocycles. The molecule has 2 aromatic heterocycles. The third kappa shape index (κ3) is 3.27. The molecule has 0 atom stereocenters. The molecule has 2 heterocycles. The Balaban J connectivity index is 2.08. The van der Waals surface area contributed by atoms with Crippen LogP contribution in [0.2, 0.25) is 0 Å². The van der Waals surface area contributed by atoms with Crippen LogP contribution < -0.4 is 4.74 Å². The van der Waals surface area contributed by atoms with Crippen molar-refractivity contribution in [2.75, 3.05) is 0 Å². The molecule has 0 saturated carbocycles. The molecular formula is C16H14BrNO3S2. The van der Waals surface area contributed by atoms with E-state index in [1.165, 1.54) is 11.3 Å². The van der Waals surface area contributed by atoms with E-state index in [-0.39, 0.29) is 6.10 Å². The summed E-state index contributed by atoms with van der Waals surface area (Å²) in [6.07, 6.45) is 0.109. The zero-order chi connectivity index (χ0) is 16.7. The van der Waals surface area contributed by atoms with Gasteiger partial charge in [-0.25, -0.2) is 9.78 Å². The van der Waals surface area contributed by atoms with Gasteiger partial charge in [0.2, 0.25) is 0 Å². The Hall–Kier alpha value is -1.44. The lowest BCUT2D eigenvalue weighted by Gasteiger charge is -2.10. The van der Waals surface area contributed by atoms with Gasteiger partial charge in [-0.1, -0.05) is 0 Å². The van der Waals surface area contributed by atoms with Gasteiger partial charge >= 0.3 is 5.97 Å². The van der Waals surface area contributed by atoms with Gasteiger partial charge in [0.05, 0.1) is 16.7 Å². The Labute approximate surface area is 149 Å². The van der Waals surface area contributed by atoms with E-state index >= 15 is 0 Å². The fourth-order valence-electron chi connectivity index (χ4n) is 2.23. The van der Waals surface area contributed by atoms with Gasteiger partial charge in [-0.05, 0) is 60.3 Å². The van der Waals surface area contributed by atoms with Crippen molar-refractivity contribution < 1.29 is 14.6 Å². The highest BCUT2D eigenvalue weighted by molar-refractivity contribution is 9.10. The zero-order valence-corrected chi connectivity index (χ0v) is 15.9. The summed E-state index contributed by atoms with van der Waals surface area (Å²) in [6.45, 7) is 5.70. The van der Waals surface area contributed by atoms with Gasteiger partial charge < -0.3 is 9.84 Å². The first-order valence-electron chi connectivity index (χ1n) is 6.96. The molecule has 0 fully saturated rings.